The molecule has 166 valence electrons. The molecule has 0 unspecified atom stereocenters. The molecule has 1 aliphatic heterocycles. The number of carbonyl (C=O) groups is 2. The Labute approximate surface area is 199 Å². The maximum atomic E-state index is 13.0. The van der Waals surface area contributed by atoms with Crippen molar-refractivity contribution in [3.63, 3.8) is 0 Å². The molecule has 0 aliphatic carbocycles. The minimum atomic E-state index is -0.356. The van der Waals surface area contributed by atoms with Gasteiger partial charge in [-0.15, -0.1) is 0 Å². The van der Waals surface area contributed by atoms with Gasteiger partial charge in [-0.05, 0) is 74.1 Å². The van der Waals surface area contributed by atoms with Crippen LogP contribution in [0, 0.1) is 0 Å². The number of rotatable bonds is 6. The van der Waals surface area contributed by atoms with Crippen LogP contribution in [0.15, 0.2) is 90.5 Å². The average Bonchev–Trinajstić information content (AvgIpc) is 2.84. The number of thiocarbonyl (C=S) groups is 1. The summed E-state index contributed by atoms with van der Waals surface area (Å²) in [6.07, 6.45) is 1.66. The Morgan fingerprint density at radius 2 is 1.21 bits per heavy atom. The molecule has 0 N–H and O–H groups in total. The van der Waals surface area contributed by atoms with Gasteiger partial charge < -0.3 is 4.90 Å². The minimum Gasteiger partial charge on any atom is -0.310 e. The zero-order valence-corrected chi connectivity index (χ0v) is 19.5. The van der Waals surface area contributed by atoms with Crippen LogP contribution in [0.2, 0.25) is 0 Å². The summed E-state index contributed by atoms with van der Waals surface area (Å²) >= 11 is 5.36. The van der Waals surface area contributed by atoms with Crippen molar-refractivity contribution in [1.82, 2.24) is 9.80 Å². The largest absolute Gasteiger partial charge is 0.310 e. The second kappa shape index (κ2) is 9.79. The van der Waals surface area contributed by atoms with Crippen molar-refractivity contribution in [1.29, 1.82) is 0 Å². The van der Waals surface area contributed by atoms with E-state index in [4.69, 9.17) is 12.2 Å². The highest BCUT2D eigenvalue weighted by Gasteiger charge is 2.37. The van der Waals surface area contributed by atoms with Crippen molar-refractivity contribution in [3.05, 3.63) is 96.1 Å². The first kappa shape index (κ1) is 22.4. The summed E-state index contributed by atoms with van der Waals surface area (Å²) in [4.78, 5) is 31.1. The van der Waals surface area contributed by atoms with E-state index in [0.29, 0.717) is 13.1 Å². The van der Waals surface area contributed by atoms with Crippen molar-refractivity contribution >= 4 is 52.3 Å². The van der Waals surface area contributed by atoms with Gasteiger partial charge in [-0.25, -0.2) is 0 Å². The number of anilines is 3. The van der Waals surface area contributed by atoms with Crippen molar-refractivity contribution in [2.24, 2.45) is 0 Å². The Balaban J connectivity index is 1.78. The van der Waals surface area contributed by atoms with E-state index in [-0.39, 0.29) is 22.5 Å². The summed E-state index contributed by atoms with van der Waals surface area (Å²) in [7, 11) is 0. The third-order valence-corrected chi connectivity index (χ3v) is 5.95. The molecule has 0 atom stereocenters. The molecule has 2 amide bonds. The number of carbonyl (C=O) groups excluding carboxylic acids is 2. The number of para-hydroxylation sites is 2. The van der Waals surface area contributed by atoms with Crippen molar-refractivity contribution in [2.75, 3.05) is 18.0 Å². The van der Waals surface area contributed by atoms with Crippen LogP contribution in [-0.2, 0) is 9.59 Å². The molecule has 1 saturated heterocycles. The number of hydrogen-bond acceptors (Lipinski definition) is 4. The normalized spacial score (nSPS) is 14.0. The molecule has 6 heteroatoms. The molecule has 0 aromatic heterocycles. The molecule has 3 aromatic rings. The molecule has 3 aromatic carbocycles. The van der Waals surface area contributed by atoms with Gasteiger partial charge in [0, 0.05) is 30.2 Å². The molecule has 1 fully saturated rings. The van der Waals surface area contributed by atoms with Crippen LogP contribution in [0.3, 0.4) is 0 Å². The highest BCUT2D eigenvalue weighted by atomic mass is 32.1. The fourth-order valence-electron chi connectivity index (χ4n) is 3.90. The zero-order valence-electron chi connectivity index (χ0n) is 18.6. The van der Waals surface area contributed by atoms with Gasteiger partial charge in [0.2, 0.25) is 0 Å². The predicted octanol–water partition coefficient (Wildman–Crippen LogP) is 5.54. The van der Waals surface area contributed by atoms with Gasteiger partial charge >= 0.3 is 0 Å². The lowest BCUT2D eigenvalue weighted by Gasteiger charge is -2.35. The molecule has 33 heavy (non-hydrogen) atoms. The highest BCUT2D eigenvalue weighted by Crippen LogP contribution is 2.34. The lowest BCUT2D eigenvalue weighted by molar-refractivity contribution is -0.133. The Morgan fingerprint density at radius 1 is 0.727 bits per heavy atom. The van der Waals surface area contributed by atoms with Crippen LogP contribution in [-0.4, -0.2) is 39.8 Å². The SMILES string of the molecule is CCN1C(=O)C(=Cc2cccc(N(c3ccccc3)c3ccccc3)c2)C(=O)N(CC)C1=S. The lowest BCUT2D eigenvalue weighted by Crippen LogP contribution is -2.55. The molecule has 1 heterocycles. The summed E-state index contributed by atoms with van der Waals surface area (Å²) < 4.78 is 0. The van der Waals surface area contributed by atoms with Crippen LogP contribution in [0.25, 0.3) is 6.08 Å². The number of likely N-dealkylation sites (N-methyl/N-ethyl adjacent to an activating group) is 2. The summed E-state index contributed by atoms with van der Waals surface area (Å²) in [6.45, 7) is 4.52. The van der Waals surface area contributed by atoms with Crippen LogP contribution in [0.4, 0.5) is 17.1 Å². The summed E-state index contributed by atoms with van der Waals surface area (Å²) in [5.41, 5.74) is 3.83. The van der Waals surface area contributed by atoms with Crippen molar-refractivity contribution < 1.29 is 9.59 Å². The summed E-state index contributed by atoms with van der Waals surface area (Å²) in [5, 5.41) is 0.264. The fourth-order valence-corrected chi connectivity index (χ4v) is 4.33. The predicted molar refractivity (Wildman–Crippen MR) is 136 cm³/mol. The van der Waals surface area contributed by atoms with Gasteiger partial charge in [-0.1, -0.05) is 48.5 Å². The van der Waals surface area contributed by atoms with Crippen LogP contribution < -0.4 is 4.90 Å². The maximum absolute atomic E-state index is 13.0. The van der Waals surface area contributed by atoms with Gasteiger partial charge in [-0.3, -0.25) is 19.4 Å². The summed E-state index contributed by atoms with van der Waals surface area (Å²) in [5.74, 6) is -0.712. The standard InChI is InChI=1S/C27H25N3O2S/c1-3-28-25(31)24(26(32)29(4-2)27(28)33)19-20-12-11-17-23(18-20)30(21-13-7-5-8-14-21)22-15-9-6-10-16-22/h5-19H,3-4H2,1-2H3. The van der Waals surface area contributed by atoms with E-state index >= 15 is 0 Å². The van der Waals surface area contributed by atoms with Crippen LogP contribution in [0.5, 0.6) is 0 Å². The Bertz CT molecular complexity index is 1140. The van der Waals surface area contributed by atoms with Gasteiger partial charge in [0.25, 0.3) is 11.8 Å². The van der Waals surface area contributed by atoms with Crippen LogP contribution in [0.1, 0.15) is 19.4 Å². The van der Waals surface area contributed by atoms with E-state index in [1.54, 1.807) is 6.08 Å². The van der Waals surface area contributed by atoms with Gasteiger partial charge in [-0.2, -0.15) is 0 Å². The third kappa shape index (κ3) is 4.43. The first-order chi connectivity index (χ1) is 16.0. The van der Waals surface area contributed by atoms with Gasteiger partial charge in [0.1, 0.15) is 5.57 Å². The Kier molecular flexibility index (Phi) is 6.66. The number of nitrogens with zero attached hydrogens (tertiary/aromatic N) is 3. The summed E-state index contributed by atoms with van der Waals surface area (Å²) in [6, 6.07) is 28.0. The molecule has 0 radical (unpaired) electrons. The molecular weight excluding hydrogens is 430 g/mol. The number of amides is 2. The Hall–Kier alpha value is -3.77. The monoisotopic (exact) mass is 455 g/mol. The maximum Gasteiger partial charge on any atom is 0.265 e. The Morgan fingerprint density at radius 3 is 1.70 bits per heavy atom. The van der Waals surface area contributed by atoms with E-state index in [1.165, 1.54) is 9.80 Å². The number of benzene rings is 3. The molecule has 0 saturated carbocycles. The molecule has 4 rings (SSSR count). The van der Waals surface area contributed by atoms with Crippen LogP contribution >= 0.6 is 12.2 Å². The quantitative estimate of drug-likeness (QED) is 0.278. The van der Waals surface area contributed by atoms with E-state index in [2.05, 4.69) is 4.90 Å². The van der Waals surface area contributed by atoms with E-state index in [1.807, 2.05) is 98.8 Å². The second-order valence-corrected chi connectivity index (χ2v) is 7.91. The van der Waals surface area contributed by atoms with Gasteiger partial charge in [0.05, 0.1) is 0 Å². The van der Waals surface area contributed by atoms with Crippen molar-refractivity contribution in [2.45, 2.75) is 13.8 Å². The highest BCUT2D eigenvalue weighted by molar-refractivity contribution is 7.80. The molecule has 0 spiro atoms. The first-order valence-corrected chi connectivity index (χ1v) is 11.4. The fraction of sp³-hybridized carbons (Fsp3) is 0.148. The zero-order chi connectivity index (χ0) is 23.4. The van der Waals surface area contributed by atoms with E-state index < -0.39 is 0 Å². The molecule has 5 nitrogen and oxygen atoms in total. The first-order valence-electron chi connectivity index (χ1n) is 10.9. The third-order valence-electron chi connectivity index (χ3n) is 5.51. The smallest absolute Gasteiger partial charge is 0.265 e. The number of hydrogen-bond donors (Lipinski definition) is 0. The molecule has 0 bridgehead atoms. The average molecular weight is 456 g/mol. The topological polar surface area (TPSA) is 43.9 Å². The molecular formula is C27H25N3O2S. The lowest BCUT2D eigenvalue weighted by atomic mass is 10.1. The van der Waals surface area contributed by atoms with Gasteiger partial charge in [0.15, 0.2) is 5.11 Å². The van der Waals surface area contributed by atoms with E-state index in [9.17, 15) is 9.59 Å². The minimum absolute atomic E-state index is 0.121. The van der Waals surface area contributed by atoms with Crippen molar-refractivity contribution in [3.8, 4) is 0 Å². The second-order valence-electron chi connectivity index (χ2n) is 7.54. The molecule has 1 aliphatic rings. The van der Waals surface area contributed by atoms with E-state index in [0.717, 1.165) is 22.6 Å².